The van der Waals surface area contributed by atoms with E-state index in [2.05, 4.69) is 118 Å². The zero-order chi connectivity index (χ0) is 35.3. The Hall–Kier alpha value is -5.30. The number of nitro groups is 1. The molecule has 3 heterocycles. The Morgan fingerprint density at radius 3 is 2.16 bits per heavy atom. The molecular weight excluding hydrogens is 671 g/mol. The minimum atomic E-state index is -4.64. The van der Waals surface area contributed by atoms with E-state index in [-0.39, 0.29) is 16.5 Å². The number of fused-ring (bicyclic) bond motifs is 3. The number of nitro benzene ring substituents is 1. The van der Waals surface area contributed by atoms with Gasteiger partial charge in [-0.25, -0.2) is 17.6 Å². The molecule has 50 heavy (non-hydrogen) atoms. The second-order valence-electron chi connectivity index (χ2n) is 11.9. The van der Waals surface area contributed by atoms with Crippen molar-refractivity contribution < 1.29 is 27.0 Å². The Morgan fingerprint density at radius 2 is 1.44 bits per heavy atom. The van der Waals surface area contributed by atoms with Crippen molar-refractivity contribution in [2.75, 3.05) is 23.8 Å². The van der Waals surface area contributed by atoms with E-state index in [1.807, 2.05) is 18.8 Å². The van der Waals surface area contributed by atoms with Crippen LogP contribution in [-0.4, -0.2) is 31.5 Å². The van der Waals surface area contributed by atoms with Crippen molar-refractivity contribution in [1.82, 2.24) is 0 Å². The van der Waals surface area contributed by atoms with Crippen molar-refractivity contribution >= 4 is 55.4 Å². The van der Waals surface area contributed by atoms with Crippen LogP contribution in [0.25, 0.3) is 21.9 Å². The second kappa shape index (κ2) is 15.1. The predicted molar refractivity (Wildman–Crippen MR) is 195 cm³/mol. The van der Waals surface area contributed by atoms with E-state index in [0.717, 1.165) is 32.0 Å². The van der Waals surface area contributed by atoms with Gasteiger partial charge in [-0.2, -0.15) is 0 Å². The molecular formula is C38H36N5O5S2+. The summed E-state index contributed by atoms with van der Waals surface area (Å²) in [6.45, 7) is 2.09. The number of hydrogen-bond acceptors (Lipinski definition) is 8. The predicted octanol–water partition coefficient (Wildman–Crippen LogP) is 7.24. The highest BCUT2D eigenvalue weighted by Crippen LogP contribution is 2.45. The summed E-state index contributed by atoms with van der Waals surface area (Å²) in [7, 11) is -0.409. The minimum absolute atomic E-state index is 0.0664. The summed E-state index contributed by atoms with van der Waals surface area (Å²) in [5.41, 5.74) is 5.95. The molecule has 6 aromatic rings. The Balaban J connectivity index is 0.000000214. The Kier molecular flexibility index (Phi) is 10.4. The number of rotatable bonds is 9. The first-order valence-electron chi connectivity index (χ1n) is 16.0. The highest BCUT2D eigenvalue weighted by molar-refractivity contribution is 7.99. The molecule has 0 saturated heterocycles. The molecule has 0 fully saturated rings. The van der Waals surface area contributed by atoms with E-state index in [4.69, 9.17) is 0 Å². The van der Waals surface area contributed by atoms with Crippen molar-refractivity contribution in [1.29, 1.82) is 0 Å². The molecule has 0 amide bonds. The van der Waals surface area contributed by atoms with Crippen LogP contribution in [0.2, 0.25) is 0 Å². The summed E-state index contributed by atoms with van der Waals surface area (Å²) < 4.78 is 37.3. The van der Waals surface area contributed by atoms with Crippen LogP contribution >= 0.6 is 11.8 Å². The molecule has 4 aromatic carbocycles. The number of nitrogens with zero attached hydrogens (tertiary/aromatic N) is 4. The summed E-state index contributed by atoms with van der Waals surface area (Å²) in [5.74, 6) is 0. The maximum Gasteiger partial charge on any atom is 0.277 e. The highest BCUT2D eigenvalue weighted by atomic mass is 32.2. The standard InChI is InChI=1S/C28H29N4S.C10H7NO5S/c1-30-17-11-22(12-18-30)23-13-19-32(20-14-23)16-6-5-15-31(2)24-9-10-26-28(21-24)33-27-8-4-3-7-25(27)29-26;12-11(13)9-5-1-4-8-7(9)3-2-6-10(8)17(14,15)16/h3-4,7-14,17-21H,5-6,15-16H2,1-2H3;1-6H,(H,14,15,16)/q+1;. The molecule has 1 aliphatic heterocycles. The lowest BCUT2D eigenvalue weighted by molar-refractivity contribution is -0.697. The SMILES string of the molecule is CN(CCCC[n+]1ccc(-c2cc[n+](C)cc2)cc1)c1ccc2c(c1)Sc1ccccc1N2.O=[N+]([O-])c1cccc2c(S(=O)(=O)[O-])cccc12. The lowest BCUT2D eigenvalue weighted by Gasteiger charge is -2.24. The third-order valence-electron chi connectivity index (χ3n) is 8.47. The van der Waals surface area contributed by atoms with Crippen LogP contribution in [0.3, 0.4) is 0 Å². The van der Waals surface area contributed by atoms with Gasteiger partial charge in [0, 0.05) is 71.2 Å². The van der Waals surface area contributed by atoms with Gasteiger partial charge in [-0.1, -0.05) is 42.1 Å². The van der Waals surface area contributed by atoms with Gasteiger partial charge in [0.1, 0.15) is 23.7 Å². The maximum atomic E-state index is 11.0. The van der Waals surface area contributed by atoms with E-state index in [9.17, 15) is 23.1 Å². The number of hydrogen-bond donors (Lipinski definition) is 1. The molecule has 0 saturated carbocycles. The van der Waals surface area contributed by atoms with Crippen LogP contribution in [0.5, 0.6) is 0 Å². The van der Waals surface area contributed by atoms with Crippen molar-refractivity contribution in [2.24, 2.45) is 7.05 Å². The molecule has 2 aromatic heterocycles. The topological polar surface area (TPSA) is 123 Å². The van der Waals surface area contributed by atoms with E-state index >= 15 is 0 Å². The molecule has 12 heteroatoms. The van der Waals surface area contributed by atoms with Gasteiger partial charge >= 0.3 is 0 Å². The van der Waals surface area contributed by atoms with Crippen LogP contribution in [0.1, 0.15) is 12.8 Å². The fourth-order valence-corrected chi connectivity index (χ4v) is 7.48. The van der Waals surface area contributed by atoms with Crippen molar-refractivity contribution in [3.8, 4) is 11.1 Å². The van der Waals surface area contributed by atoms with Crippen LogP contribution < -0.4 is 19.4 Å². The number of aromatic nitrogens is 2. The first kappa shape index (κ1) is 34.6. The first-order chi connectivity index (χ1) is 24.1. The van der Waals surface area contributed by atoms with Gasteiger partial charge in [-0.15, -0.1) is 0 Å². The van der Waals surface area contributed by atoms with E-state index in [1.54, 1.807) is 0 Å². The molecule has 0 spiro atoms. The van der Waals surface area contributed by atoms with Crippen LogP contribution in [-0.2, 0) is 23.7 Å². The van der Waals surface area contributed by atoms with Crippen molar-refractivity contribution in [3.63, 3.8) is 0 Å². The van der Waals surface area contributed by atoms with Gasteiger partial charge < -0.3 is 14.8 Å². The van der Waals surface area contributed by atoms with Gasteiger partial charge in [0.25, 0.3) is 5.69 Å². The van der Waals surface area contributed by atoms with Gasteiger partial charge in [0.15, 0.2) is 24.8 Å². The summed E-state index contributed by atoms with van der Waals surface area (Å²) in [4.78, 5) is 14.6. The molecule has 0 unspecified atom stereocenters. The average Bonchev–Trinajstić information content (AvgIpc) is 3.12. The molecule has 10 nitrogen and oxygen atoms in total. The van der Waals surface area contributed by atoms with Gasteiger partial charge in [-0.3, -0.25) is 10.1 Å². The average molecular weight is 707 g/mol. The smallest absolute Gasteiger partial charge is 0.277 e. The normalized spacial score (nSPS) is 11.8. The third-order valence-corrected chi connectivity index (χ3v) is 10.5. The summed E-state index contributed by atoms with van der Waals surface area (Å²) in [5, 5.41) is 14.5. The van der Waals surface area contributed by atoms with E-state index < -0.39 is 19.9 Å². The monoisotopic (exact) mass is 706 g/mol. The largest absolute Gasteiger partial charge is 0.744 e. The molecule has 1 N–H and O–H groups in total. The Morgan fingerprint density at radius 1 is 0.780 bits per heavy atom. The van der Waals surface area contributed by atoms with E-state index in [1.165, 1.54) is 68.3 Å². The van der Waals surface area contributed by atoms with E-state index in [0.29, 0.717) is 0 Å². The number of nitrogens with one attached hydrogen (secondary N) is 1. The van der Waals surface area contributed by atoms with Crippen LogP contribution in [0.4, 0.5) is 22.7 Å². The Labute approximate surface area is 295 Å². The number of aryl methyl sites for hydroxylation is 2. The Bertz CT molecular complexity index is 2260. The highest BCUT2D eigenvalue weighted by Gasteiger charge is 2.17. The maximum absolute atomic E-state index is 11.0. The number of pyridine rings is 2. The lowest BCUT2D eigenvalue weighted by Crippen LogP contribution is -2.33. The fourth-order valence-electron chi connectivity index (χ4n) is 5.77. The second-order valence-corrected chi connectivity index (χ2v) is 14.4. The molecule has 254 valence electrons. The summed E-state index contributed by atoms with van der Waals surface area (Å²) >= 11 is 1.85. The minimum Gasteiger partial charge on any atom is -0.744 e. The quantitative estimate of drug-likeness (QED) is 0.0548. The number of benzene rings is 4. The number of para-hydroxylation sites is 1. The number of non-ortho nitro benzene ring substituents is 1. The molecule has 0 radical (unpaired) electrons. The van der Waals surface area contributed by atoms with Gasteiger partial charge in [0.2, 0.25) is 0 Å². The van der Waals surface area contributed by atoms with Crippen molar-refractivity contribution in [3.05, 3.63) is 138 Å². The molecule has 7 rings (SSSR count). The summed E-state index contributed by atoms with van der Waals surface area (Å²) in [6.07, 6.45) is 10.9. The molecule has 0 bridgehead atoms. The number of unbranched alkanes of at least 4 members (excludes halogenated alkanes) is 1. The fraction of sp³-hybridized carbons (Fsp3) is 0.158. The van der Waals surface area contributed by atoms with Crippen LogP contribution in [0.15, 0.2) is 143 Å². The summed E-state index contributed by atoms with van der Waals surface area (Å²) in [6, 6.07) is 31.8. The molecule has 0 aliphatic carbocycles. The van der Waals surface area contributed by atoms with Crippen molar-refractivity contribution in [2.45, 2.75) is 34.1 Å². The van der Waals surface area contributed by atoms with Gasteiger partial charge in [0.05, 0.1) is 26.6 Å². The third kappa shape index (κ3) is 8.11. The first-order valence-corrected chi connectivity index (χ1v) is 18.3. The molecule has 0 atom stereocenters. The van der Waals surface area contributed by atoms with Gasteiger partial charge in [-0.05, 0) is 60.0 Å². The zero-order valence-corrected chi connectivity index (χ0v) is 29.2. The number of anilines is 3. The lowest BCUT2D eigenvalue weighted by atomic mass is 10.1. The zero-order valence-electron chi connectivity index (χ0n) is 27.6. The molecule has 1 aliphatic rings. The van der Waals surface area contributed by atoms with Crippen LogP contribution in [0, 0.1) is 10.1 Å².